The molecule has 6 heteroatoms. The van der Waals surface area contributed by atoms with Crippen LogP contribution >= 0.6 is 0 Å². The molecule has 2 unspecified atom stereocenters. The van der Waals surface area contributed by atoms with Gasteiger partial charge in [0.05, 0.1) is 23.5 Å². The lowest BCUT2D eigenvalue weighted by Gasteiger charge is -2.35. The number of para-hydroxylation sites is 1. The molecule has 1 amide bonds. The van der Waals surface area contributed by atoms with E-state index in [1.807, 2.05) is 78.9 Å². The fraction of sp³-hybridized carbons (Fsp3) is 0.364. The quantitative estimate of drug-likeness (QED) is 0.697. The molecular formula is C22H25N3O3. The minimum atomic E-state index is -0.0246. The number of rotatable bonds is 4. The van der Waals surface area contributed by atoms with Crippen LogP contribution in [0.2, 0.25) is 0 Å². The number of carbonyl (C=O) groups excluding carboxylic acids is 1. The molecule has 1 aliphatic rings. The van der Waals surface area contributed by atoms with Gasteiger partial charge in [-0.05, 0) is 44.5 Å². The number of aryl methyl sites for hydroxylation is 1. The van der Waals surface area contributed by atoms with Crippen LogP contribution in [-0.2, 0) is 11.3 Å². The first-order valence-corrected chi connectivity index (χ1v) is 9.61. The molecule has 6 nitrogen and oxygen atoms in total. The lowest BCUT2D eigenvalue weighted by molar-refractivity contribution is -0.0586. The van der Waals surface area contributed by atoms with E-state index in [2.05, 4.69) is 4.98 Å². The van der Waals surface area contributed by atoms with Gasteiger partial charge in [-0.1, -0.05) is 18.2 Å². The molecule has 1 aliphatic heterocycles. The third-order valence-electron chi connectivity index (χ3n) is 4.93. The molecule has 1 fully saturated rings. The smallest absolute Gasteiger partial charge is 0.257 e. The summed E-state index contributed by atoms with van der Waals surface area (Å²) in [6, 6.07) is 11.4. The van der Waals surface area contributed by atoms with E-state index in [4.69, 9.17) is 9.47 Å². The van der Waals surface area contributed by atoms with Crippen molar-refractivity contribution in [1.82, 2.24) is 14.3 Å². The van der Waals surface area contributed by atoms with Crippen LogP contribution in [0.4, 0.5) is 0 Å². The molecule has 1 aromatic carbocycles. The summed E-state index contributed by atoms with van der Waals surface area (Å²) in [5.74, 6) is 0.552. The van der Waals surface area contributed by atoms with Gasteiger partial charge in [0.15, 0.2) is 0 Å². The maximum Gasteiger partial charge on any atom is 0.257 e. The second-order valence-electron chi connectivity index (χ2n) is 7.41. The molecule has 0 bridgehead atoms. The van der Waals surface area contributed by atoms with E-state index in [0.717, 1.165) is 16.9 Å². The van der Waals surface area contributed by atoms with Crippen molar-refractivity contribution in [2.45, 2.75) is 39.6 Å². The van der Waals surface area contributed by atoms with E-state index in [9.17, 15) is 4.79 Å². The molecule has 0 radical (unpaired) electrons. The van der Waals surface area contributed by atoms with Gasteiger partial charge in [0.25, 0.3) is 5.91 Å². The number of carbonyl (C=O) groups is 1. The summed E-state index contributed by atoms with van der Waals surface area (Å²) in [7, 11) is 0. The molecule has 0 N–H and O–H groups in total. The molecular weight excluding hydrogens is 354 g/mol. The minimum absolute atomic E-state index is 0.0246. The van der Waals surface area contributed by atoms with Gasteiger partial charge in [-0.15, -0.1) is 0 Å². The largest absolute Gasteiger partial charge is 0.486 e. The number of amides is 1. The lowest BCUT2D eigenvalue weighted by Crippen LogP contribution is -2.48. The molecule has 0 aliphatic carbocycles. The summed E-state index contributed by atoms with van der Waals surface area (Å²) in [4.78, 5) is 19.6. The number of morpholine rings is 1. The summed E-state index contributed by atoms with van der Waals surface area (Å²) >= 11 is 0. The number of pyridine rings is 1. The normalized spacial score (nSPS) is 19.8. The Balaban J connectivity index is 1.52. The Morgan fingerprint density at radius 2 is 1.93 bits per heavy atom. The predicted molar refractivity (Wildman–Crippen MR) is 107 cm³/mol. The Hall–Kier alpha value is -2.86. The highest BCUT2D eigenvalue weighted by atomic mass is 16.5. The van der Waals surface area contributed by atoms with E-state index in [1.165, 1.54) is 0 Å². The number of fused-ring (bicyclic) bond motifs is 1. The van der Waals surface area contributed by atoms with Crippen molar-refractivity contribution in [1.29, 1.82) is 0 Å². The topological polar surface area (TPSA) is 56.1 Å². The molecule has 0 spiro atoms. The summed E-state index contributed by atoms with van der Waals surface area (Å²) < 4.78 is 13.7. The first-order chi connectivity index (χ1) is 13.5. The molecule has 0 saturated carbocycles. The van der Waals surface area contributed by atoms with Crippen LogP contribution in [0.3, 0.4) is 0 Å². The van der Waals surface area contributed by atoms with Gasteiger partial charge in [0.2, 0.25) is 0 Å². The molecule has 3 heterocycles. The van der Waals surface area contributed by atoms with Crippen molar-refractivity contribution in [3.63, 3.8) is 0 Å². The summed E-state index contributed by atoms with van der Waals surface area (Å²) in [6.45, 7) is 7.49. The Morgan fingerprint density at radius 1 is 1.18 bits per heavy atom. The predicted octanol–water partition coefficient (Wildman–Crippen LogP) is 3.47. The molecule has 28 heavy (non-hydrogen) atoms. The highest BCUT2D eigenvalue weighted by Crippen LogP contribution is 2.23. The van der Waals surface area contributed by atoms with E-state index in [0.29, 0.717) is 31.0 Å². The van der Waals surface area contributed by atoms with Crippen molar-refractivity contribution >= 4 is 11.6 Å². The minimum Gasteiger partial charge on any atom is -0.486 e. The lowest BCUT2D eigenvalue weighted by atomic mass is 10.1. The van der Waals surface area contributed by atoms with E-state index < -0.39 is 0 Å². The molecule has 2 atom stereocenters. The Kier molecular flexibility index (Phi) is 5.05. The zero-order valence-electron chi connectivity index (χ0n) is 16.5. The van der Waals surface area contributed by atoms with Crippen LogP contribution in [-0.4, -0.2) is 45.5 Å². The van der Waals surface area contributed by atoms with E-state index in [-0.39, 0.29) is 18.1 Å². The average Bonchev–Trinajstić information content (AvgIpc) is 3.10. The second-order valence-corrected chi connectivity index (χ2v) is 7.41. The van der Waals surface area contributed by atoms with Crippen LogP contribution in [0.1, 0.15) is 35.5 Å². The number of imidazole rings is 1. The Bertz CT molecular complexity index is 988. The number of nitrogens with zero attached hydrogens (tertiary/aromatic N) is 3. The van der Waals surface area contributed by atoms with Crippen molar-refractivity contribution < 1.29 is 14.3 Å². The van der Waals surface area contributed by atoms with Crippen LogP contribution in [0, 0.1) is 6.92 Å². The molecule has 3 aromatic rings. The highest BCUT2D eigenvalue weighted by Gasteiger charge is 2.28. The summed E-state index contributed by atoms with van der Waals surface area (Å²) in [6.07, 6.45) is 3.99. The van der Waals surface area contributed by atoms with E-state index in [1.54, 1.807) is 0 Å². The van der Waals surface area contributed by atoms with Gasteiger partial charge < -0.3 is 18.8 Å². The van der Waals surface area contributed by atoms with Gasteiger partial charge in [0.1, 0.15) is 18.0 Å². The van der Waals surface area contributed by atoms with E-state index >= 15 is 0 Å². The second kappa shape index (κ2) is 7.64. The Labute approximate surface area is 164 Å². The number of benzene rings is 1. The molecule has 4 rings (SSSR count). The average molecular weight is 379 g/mol. The van der Waals surface area contributed by atoms with Gasteiger partial charge in [0, 0.05) is 25.5 Å². The van der Waals surface area contributed by atoms with Crippen molar-refractivity contribution in [3.8, 4) is 5.75 Å². The molecule has 1 saturated heterocycles. The summed E-state index contributed by atoms with van der Waals surface area (Å²) in [5, 5.41) is 0. The summed E-state index contributed by atoms with van der Waals surface area (Å²) in [5.41, 5.74) is 3.43. The zero-order valence-corrected chi connectivity index (χ0v) is 16.5. The number of ether oxygens (including phenoxy) is 2. The molecule has 146 valence electrons. The van der Waals surface area contributed by atoms with Gasteiger partial charge in [-0.2, -0.15) is 0 Å². The Morgan fingerprint density at radius 3 is 2.68 bits per heavy atom. The molecule has 2 aromatic heterocycles. The standard InChI is InChI=1S/C22H25N3O3/c1-15-7-6-10-24-13-18(23-21(15)24)14-27-20-9-5-4-8-19(20)22(26)25-11-16(2)28-17(3)12-25/h4-10,13,16-17H,11-12,14H2,1-3H3. The third kappa shape index (κ3) is 3.73. The monoisotopic (exact) mass is 379 g/mol. The van der Waals surface area contributed by atoms with Crippen LogP contribution in [0.5, 0.6) is 5.75 Å². The highest BCUT2D eigenvalue weighted by molar-refractivity contribution is 5.97. The van der Waals surface area contributed by atoms with Crippen LogP contribution in [0.15, 0.2) is 48.8 Å². The van der Waals surface area contributed by atoms with Gasteiger partial charge in [-0.25, -0.2) is 4.98 Å². The van der Waals surface area contributed by atoms with Crippen LogP contribution in [0.25, 0.3) is 5.65 Å². The fourth-order valence-corrected chi connectivity index (χ4v) is 3.71. The number of hydrogen-bond acceptors (Lipinski definition) is 4. The van der Waals surface area contributed by atoms with Gasteiger partial charge in [-0.3, -0.25) is 4.79 Å². The number of aromatic nitrogens is 2. The van der Waals surface area contributed by atoms with Crippen molar-refractivity contribution in [2.24, 2.45) is 0 Å². The zero-order chi connectivity index (χ0) is 19.7. The first-order valence-electron chi connectivity index (χ1n) is 9.61. The maximum atomic E-state index is 13.1. The first kappa shape index (κ1) is 18.5. The fourth-order valence-electron chi connectivity index (χ4n) is 3.71. The number of hydrogen-bond donors (Lipinski definition) is 0. The van der Waals surface area contributed by atoms with Crippen LogP contribution < -0.4 is 4.74 Å². The van der Waals surface area contributed by atoms with Crippen molar-refractivity contribution in [2.75, 3.05) is 13.1 Å². The van der Waals surface area contributed by atoms with Gasteiger partial charge >= 0.3 is 0 Å². The SMILES string of the molecule is Cc1cccn2cc(COc3ccccc3C(=O)N3CC(C)OC(C)C3)nc12. The third-order valence-corrected chi connectivity index (χ3v) is 4.93. The van der Waals surface area contributed by atoms with Crippen molar-refractivity contribution in [3.05, 3.63) is 65.6 Å². The maximum absolute atomic E-state index is 13.1.